The lowest BCUT2D eigenvalue weighted by Crippen LogP contribution is -2.55. The van der Waals surface area contributed by atoms with E-state index in [1.807, 2.05) is 6.92 Å². The van der Waals surface area contributed by atoms with E-state index >= 15 is 0 Å². The minimum atomic E-state index is -1.15. The molecular weight excluding hydrogens is 202 g/mol. The summed E-state index contributed by atoms with van der Waals surface area (Å²) in [5, 5.41) is 8.81. The zero-order valence-corrected chi connectivity index (χ0v) is 11.5. The van der Waals surface area contributed by atoms with Crippen LogP contribution in [0.2, 0.25) is 19.6 Å². The molecule has 1 rings (SSSR count). The summed E-state index contributed by atoms with van der Waals surface area (Å²) >= 11 is 0. The van der Waals surface area contributed by atoms with Crippen molar-refractivity contribution in [3.05, 3.63) is 0 Å². The van der Waals surface area contributed by atoms with Crippen molar-refractivity contribution in [1.82, 2.24) is 9.47 Å². The van der Waals surface area contributed by atoms with E-state index in [-0.39, 0.29) is 5.92 Å². The highest BCUT2D eigenvalue weighted by Crippen LogP contribution is 2.16. The Kier molecular flexibility index (Phi) is 4.32. The van der Waals surface area contributed by atoms with Crippen LogP contribution in [-0.2, 0) is 0 Å². The highest BCUT2D eigenvalue weighted by Gasteiger charge is 2.28. The van der Waals surface area contributed by atoms with E-state index in [4.69, 9.17) is 5.26 Å². The summed E-state index contributed by atoms with van der Waals surface area (Å²) in [7, 11) is -1.15. The van der Waals surface area contributed by atoms with Crippen molar-refractivity contribution in [2.75, 3.05) is 26.3 Å². The van der Waals surface area contributed by atoms with E-state index in [9.17, 15) is 0 Å². The minimum Gasteiger partial charge on any atom is -0.312 e. The molecule has 1 aliphatic rings. The Bertz CT molecular complexity index is 241. The average Bonchev–Trinajstić information content (AvgIpc) is 2.17. The second-order valence-corrected chi connectivity index (χ2v) is 10.5. The zero-order valence-electron chi connectivity index (χ0n) is 10.5. The third-order valence-corrected chi connectivity index (χ3v) is 5.24. The molecule has 0 spiro atoms. The minimum absolute atomic E-state index is 0.159. The highest BCUT2D eigenvalue weighted by molar-refractivity contribution is 6.73. The van der Waals surface area contributed by atoms with Crippen LogP contribution in [0, 0.1) is 17.2 Å². The van der Waals surface area contributed by atoms with Crippen LogP contribution >= 0.6 is 0 Å². The lowest BCUT2D eigenvalue weighted by atomic mass is 10.2. The van der Waals surface area contributed by atoms with Crippen molar-refractivity contribution in [1.29, 1.82) is 5.26 Å². The first-order chi connectivity index (χ1) is 6.93. The van der Waals surface area contributed by atoms with Gasteiger partial charge in [0, 0.05) is 19.8 Å². The summed E-state index contributed by atoms with van der Waals surface area (Å²) < 4.78 is 2.63. The van der Waals surface area contributed by atoms with Gasteiger partial charge in [-0.25, -0.2) is 0 Å². The first kappa shape index (κ1) is 12.7. The molecule has 0 N–H and O–H groups in total. The molecule has 0 aliphatic carbocycles. The normalized spacial score (nSPS) is 22.3. The SMILES string of the molecule is CC(C#N)CN1CCCN([Si](C)(C)C)C1. The lowest BCUT2D eigenvalue weighted by molar-refractivity contribution is 0.132. The van der Waals surface area contributed by atoms with Crippen LogP contribution in [0.15, 0.2) is 0 Å². The molecule has 0 aromatic rings. The van der Waals surface area contributed by atoms with Gasteiger partial charge in [0.15, 0.2) is 0 Å². The highest BCUT2D eigenvalue weighted by atomic mass is 28.3. The molecule has 1 fully saturated rings. The van der Waals surface area contributed by atoms with Crippen LogP contribution in [0.4, 0.5) is 0 Å². The Balaban J connectivity index is 2.47. The van der Waals surface area contributed by atoms with Gasteiger partial charge in [-0.15, -0.1) is 0 Å². The van der Waals surface area contributed by atoms with Crippen molar-refractivity contribution in [2.24, 2.45) is 5.92 Å². The molecule has 1 unspecified atom stereocenters. The van der Waals surface area contributed by atoms with Gasteiger partial charge in [0.2, 0.25) is 0 Å². The molecule has 1 saturated heterocycles. The fraction of sp³-hybridized carbons (Fsp3) is 0.909. The molecule has 0 amide bonds. The van der Waals surface area contributed by atoms with Gasteiger partial charge in [-0.2, -0.15) is 5.26 Å². The quantitative estimate of drug-likeness (QED) is 0.688. The van der Waals surface area contributed by atoms with Crippen LogP contribution < -0.4 is 0 Å². The molecule has 0 aromatic heterocycles. The maximum atomic E-state index is 8.81. The van der Waals surface area contributed by atoms with Crippen LogP contribution in [0.3, 0.4) is 0 Å². The summed E-state index contributed by atoms with van der Waals surface area (Å²) in [6.07, 6.45) is 1.25. The fourth-order valence-electron chi connectivity index (χ4n) is 1.99. The molecule has 0 saturated carbocycles. The summed E-state index contributed by atoms with van der Waals surface area (Å²) in [6.45, 7) is 13.6. The van der Waals surface area contributed by atoms with Crippen molar-refractivity contribution >= 4 is 8.24 Å². The molecule has 86 valence electrons. The number of nitriles is 1. The largest absolute Gasteiger partial charge is 0.312 e. The first-order valence-corrected chi connectivity index (χ1v) is 9.25. The van der Waals surface area contributed by atoms with Crippen molar-refractivity contribution in [3.63, 3.8) is 0 Å². The zero-order chi connectivity index (χ0) is 11.5. The van der Waals surface area contributed by atoms with E-state index in [1.165, 1.54) is 13.0 Å². The van der Waals surface area contributed by atoms with E-state index < -0.39 is 8.24 Å². The van der Waals surface area contributed by atoms with Gasteiger partial charge in [0.05, 0.1) is 12.0 Å². The Morgan fingerprint density at radius 1 is 1.33 bits per heavy atom. The molecule has 4 heteroatoms. The van der Waals surface area contributed by atoms with Gasteiger partial charge >= 0.3 is 0 Å². The molecule has 1 atom stereocenters. The van der Waals surface area contributed by atoms with Gasteiger partial charge in [0.25, 0.3) is 0 Å². The summed E-state index contributed by atoms with van der Waals surface area (Å²) in [6, 6.07) is 2.32. The topological polar surface area (TPSA) is 30.3 Å². The number of nitrogens with zero attached hydrogens (tertiary/aromatic N) is 3. The number of rotatable bonds is 3. The van der Waals surface area contributed by atoms with Crippen molar-refractivity contribution in [3.8, 4) is 6.07 Å². The number of hydrogen-bond donors (Lipinski definition) is 0. The van der Waals surface area contributed by atoms with Gasteiger partial charge in [0.1, 0.15) is 8.24 Å². The Labute approximate surface area is 94.8 Å². The standard InChI is InChI=1S/C11H23N3Si/c1-11(8-12)9-13-6-5-7-14(10-13)15(2,3)4/h11H,5-7,9-10H2,1-4H3. The Morgan fingerprint density at radius 3 is 2.53 bits per heavy atom. The molecule has 1 heterocycles. The van der Waals surface area contributed by atoms with Crippen LogP contribution in [0.1, 0.15) is 13.3 Å². The smallest absolute Gasteiger partial charge is 0.120 e. The Hall–Kier alpha value is -0.373. The summed E-state index contributed by atoms with van der Waals surface area (Å²) in [5.74, 6) is 0.159. The fourth-order valence-corrected chi connectivity index (χ4v) is 3.45. The molecule has 0 bridgehead atoms. The maximum Gasteiger partial charge on any atom is 0.120 e. The predicted octanol–water partition coefficient (Wildman–Crippen LogP) is 1.95. The third kappa shape index (κ3) is 3.94. The lowest BCUT2D eigenvalue weighted by Gasteiger charge is -2.42. The Morgan fingerprint density at radius 2 is 2.00 bits per heavy atom. The average molecular weight is 225 g/mol. The molecular formula is C11H23N3Si. The summed E-state index contributed by atoms with van der Waals surface area (Å²) in [5.41, 5.74) is 0. The van der Waals surface area contributed by atoms with Crippen molar-refractivity contribution < 1.29 is 0 Å². The van der Waals surface area contributed by atoms with E-state index in [2.05, 4.69) is 35.2 Å². The summed E-state index contributed by atoms with van der Waals surface area (Å²) in [4.78, 5) is 2.43. The van der Waals surface area contributed by atoms with Gasteiger partial charge in [-0.05, 0) is 19.9 Å². The molecule has 1 aliphatic heterocycles. The molecule has 3 nitrogen and oxygen atoms in total. The molecule has 0 radical (unpaired) electrons. The van der Waals surface area contributed by atoms with Crippen LogP contribution in [0.5, 0.6) is 0 Å². The maximum absolute atomic E-state index is 8.81. The second kappa shape index (κ2) is 5.11. The van der Waals surface area contributed by atoms with Crippen LogP contribution in [0.25, 0.3) is 0 Å². The third-order valence-electron chi connectivity index (χ3n) is 2.97. The van der Waals surface area contributed by atoms with Gasteiger partial charge < -0.3 is 4.57 Å². The molecule has 0 aromatic carbocycles. The van der Waals surface area contributed by atoms with Gasteiger partial charge in [-0.1, -0.05) is 19.6 Å². The van der Waals surface area contributed by atoms with E-state index in [0.717, 1.165) is 19.8 Å². The first-order valence-electron chi connectivity index (χ1n) is 5.80. The van der Waals surface area contributed by atoms with Gasteiger partial charge in [-0.3, -0.25) is 4.90 Å². The monoisotopic (exact) mass is 225 g/mol. The van der Waals surface area contributed by atoms with Crippen molar-refractivity contribution in [2.45, 2.75) is 33.0 Å². The number of hydrogen-bond acceptors (Lipinski definition) is 3. The predicted molar refractivity (Wildman–Crippen MR) is 65.9 cm³/mol. The van der Waals surface area contributed by atoms with E-state index in [1.54, 1.807) is 0 Å². The van der Waals surface area contributed by atoms with E-state index in [0.29, 0.717) is 0 Å². The molecule has 15 heavy (non-hydrogen) atoms. The second-order valence-electron chi connectivity index (χ2n) is 5.54. The van der Waals surface area contributed by atoms with Crippen LogP contribution in [-0.4, -0.2) is 44.0 Å².